The summed E-state index contributed by atoms with van der Waals surface area (Å²) in [7, 11) is 0. The Morgan fingerprint density at radius 3 is 2.69 bits per heavy atom. The molecule has 0 spiro atoms. The Kier molecular flexibility index (Phi) is 5.70. The third-order valence-corrected chi connectivity index (χ3v) is 4.66. The molecule has 0 fully saturated rings. The maximum Gasteiger partial charge on any atom is 0.342 e. The van der Waals surface area contributed by atoms with E-state index in [2.05, 4.69) is 10.2 Å². The lowest BCUT2D eigenvalue weighted by Crippen LogP contribution is -1.96. The van der Waals surface area contributed by atoms with Gasteiger partial charge in [-0.05, 0) is 42.1 Å². The summed E-state index contributed by atoms with van der Waals surface area (Å²) >= 11 is 12.9. The Bertz CT molecular complexity index is 981. The normalized spacial score (nSPS) is 11.7. The van der Waals surface area contributed by atoms with E-state index in [9.17, 15) is 9.90 Å². The molecule has 0 aliphatic carbocycles. The van der Waals surface area contributed by atoms with Gasteiger partial charge in [0.05, 0.1) is 5.02 Å². The van der Waals surface area contributed by atoms with Gasteiger partial charge in [0.15, 0.2) is 0 Å². The van der Waals surface area contributed by atoms with E-state index in [1.54, 1.807) is 30.3 Å². The van der Waals surface area contributed by atoms with E-state index in [4.69, 9.17) is 32.0 Å². The Hall–Kier alpha value is -2.22. The molecule has 2 aromatic heterocycles. The number of hydrogen-bond acceptors (Lipinski definition) is 6. The molecule has 3 aromatic rings. The van der Waals surface area contributed by atoms with E-state index in [-0.39, 0.29) is 10.1 Å². The van der Waals surface area contributed by atoms with Crippen molar-refractivity contribution in [3.63, 3.8) is 0 Å². The zero-order valence-electron chi connectivity index (χ0n) is 13.4. The first-order chi connectivity index (χ1) is 12.5. The van der Waals surface area contributed by atoms with Crippen molar-refractivity contribution in [1.29, 1.82) is 0 Å². The quantitative estimate of drug-likeness (QED) is 0.428. The van der Waals surface area contributed by atoms with E-state index in [1.165, 1.54) is 6.08 Å². The summed E-state index contributed by atoms with van der Waals surface area (Å²) in [5.41, 5.74) is 0.657. The summed E-state index contributed by atoms with van der Waals surface area (Å²) in [6.07, 6.45) is 1.96. The standard InChI is InChI=1S/C17H12Cl2N2O4S/c1-2-15-20-21-17(25-15)26-14(16(22)23)8-10-4-6-13(24-10)11-5-3-9(18)7-12(11)19/h3-8H,2H2,1H3,(H,22,23)/b14-8-. The van der Waals surface area contributed by atoms with Gasteiger partial charge in [0.2, 0.25) is 5.89 Å². The molecule has 0 aliphatic rings. The minimum Gasteiger partial charge on any atom is -0.477 e. The molecule has 0 atom stereocenters. The number of carboxylic acids is 1. The van der Waals surface area contributed by atoms with Crippen LogP contribution in [-0.2, 0) is 11.2 Å². The van der Waals surface area contributed by atoms with Crippen molar-refractivity contribution in [2.24, 2.45) is 0 Å². The summed E-state index contributed by atoms with van der Waals surface area (Å²) < 4.78 is 11.0. The van der Waals surface area contributed by atoms with Crippen LogP contribution in [-0.4, -0.2) is 21.3 Å². The third kappa shape index (κ3) is 4.30. The van der Waals surface area contributed by atoms with Gasteiger partial charge in [0.1, 0.15) is 16.4 Å². The molecule has 0 bridgehead atoms. The fourth-order valence-electron chi connectivity index (χ4n) is 2.04. The highest BCUT2D eigenvalue weighted by molar-refractivity contribution is 8.03. The van der Waals surface area contributed by atoms with Crippen molar-refractivity contribution in [3.05, 3.63) is 56.9 Å². The van der Waals surface area contributed by atoms with Gasteiger partial charge >= 0.3 is 5.97 Å². The summed E-state index contributed by atoms with van der Waals surface area (Å²) in [6, 6.07) is 8.38. The molecule has 9 heteroatoms. The van der Waals surface area contributed by atoms with Crippen LogP contribution in [0, 0.1) is 0 Å². The summed E-state index contributed by atoms with van der Waals surface area (Å²) in [6.45, 7) is 1.86. The molecule has 0 saturated carbocycles. The molecule has 2 heterocycles. The maximum atomic E-state index is 11.5. The van der Waals surface area contributed by atoms with Crippen molar-refractivity contribution in [3.8, 4) is 11.3 Å². The molecule has 1 N–H and O–H groups in total. The van der Waals surface area contributed by atoms with Crippen LogP contribution in [0.3, 0.4) is 0 Å². The van der Waals surface area contributed by atoms with Gasteiger partial charge in [0, 0.05) is 23.1 Å². The highest BCUT2D eigenvalue weighted by Gasteiger charge is 2.16. The largest absolute Gasteiger partial charge is 0.477 e. The summed E-state index contributed by atoms with van der Waals surface area (Å²) in [5, 5.41) is 18.1. The number of benzene rings is 1. The number of halogens is 2. The predicted octanol–water partition coefficient (Wildman–Crippen LogP) is 5.42. The van der Waals surface area contributed by atoms with Crippen LogP contribution in [0.5, 0.6) is 0 Å². The molecule has 0 unspecified atom stereocenters. The lowest BCUT2D eigenvalue weighted by Gasteiger charge is -2.01. The van der Waals surface area contributed by atoms with Crippen LogP contribution in [0.2, 0.25) is 10.0 Å². The average molecular weight is 411 g/mol. The lowest BCUT2D eigenvalue weighted by atomic mass is 10.2. The van der Waals surface area contributed by atoms with Gasteiger partial charge in [-0.25, -0.2) is 4.79 Å². The zero-order chi connectivity index (χ0) is 18.7. The van der Waals surface area contributed by atoms with Crippen molar-refractivity contribution in [1.82, 2.24) is 10.2 Å². The molecular weight excluding hydrogens is 399 g/mol. The Morgan fingerprint density at radius 1 is 1.23 bits per heavy atom. The topological polar surface area (TPSA) is 89.4 Å². The molecule has 1 aromatic carbocycles. The van der Waals surface area contributed by atoms with Crippen LogP contribution >= 0.6 is 35.0 Å². The number of nitrogens with zero attached hydrogens (tertiary/aromatic N) is 2. The molecule has 0 radical (unpaired) electrons. The van der Waals surface area contributed by atoms with E-state index < -0.39 is 5.97 Å². The molecule has 0 amide bonds. The first-order valence-electron chi connectivity index (χ1n) is 7.46. The highest BCUT2D eigenvalue weighted by Crippen LogP contribution is 2.33. The van der Waals surface area contributed by atoms with Crippen LogP contribution in [0.15, 0.2) is 49.3 Å². The number of carboxylic acid groups (broad SMARTS) is 1. The Balaban J connectivity index is 1.86. The van der Waals surface area contributed by atoms with Gasteiger partial charge in [-0.1, -0.05) is 30.1 Å². The van der Waals surface area contributed by atoms with Crippen molar-refractivity contribution in [2.45, 2.75) is 18.6 Å². The van der Waals surface area contributed by atoms with Crippen LogP contribution in [0.4, 0.5) is 0 Å². The molecule has 134 valence electrons. The monoisotopic (exact) mass is 410 g/mol. The maximum absolute atomic E-state index is 11.5. The fourth-order valence-corrected chi connectivity index (χ4v) is 3.22. The number of aryl methyl sites for hydroxylation is 1. The van der Waals surface area contributed by atoms with Crippen molar-refractivity contribution < 1.29 is 18.7 Å². The third-order valence-electron chi connectivity index (χ3n) is 3.26. The summed E-state index contributed by atoms with van der Waals surface area (Å²) in [5.74, 6) is 0.161. The van der Waals surface area contributed by atoms with E-state index in [0.29, 0.717) is 39.4 Å². The number of aromatic nitrogens is 2. The predicted molar refractivity (Wildman–Crippen MR) is 99.3 cm³/mol. The number of carbonyl (C=O) groups is 1. The number of thioether (sulfide) groups is 1. The molecular formula is C17H12Cl2N2O4S. The summed E-state index contributed by atoms with van der Waals surface area (Å²) in [4.78, 5) is 11.5. The first kappa shape index (κ1) is 18.6. The SMILES string of the molecule is CCc1nnc(S/C(=C\c2ccc(-c3ccc(Cl)cc3Cl)o2)C(=O)O)o1. The first-order valence-corrected chi connectivity index (χ1v) is 9.04. The zero-order valence-corrected chi connectivity index (χ0v) is 15.7. The van der Waals surface area contributed by atoms with Gasteiger partial charge in [-0.15, -0.1) is 10.2 Å². The Labute approximate surface area is 162 Å². The second kappa shape index (κ2) is 7.99. The number of aliphatic carboxylic acids is 1. The molecule has 0 saturated heterocycles. The number of hydrogen-bond donors (Lipinski definition) is 1. The van der Waals surface area contributed by atoms with Crippen molar-refractivity contribution in [2.75, 3.05) is 0 Å². The van der Waals surface area contributed by atoms with E-state index >= 15 is 0 Å². The number of furan rings is 1. The van der Waals surface area contributed by atoms with Crippen molar-refractivity contribution >= 4 is 47.0 Å². The Morgan fingerprint density at radius 2 is 2.04 bits per heavy atom. The lowest BCUT2D eigenvalue weighted by molar-refractivity contribution is -0.131. The van der Waals surface area contributed by atoms with Gasteiger partial charge < -0.3 is 13.9 Å². The van der Waals surface area contributed by atoms with Gasteiger partial charge in [-0.3, -0.25) is 0 Å². The van der Waals surface area contributed by atoms with Crippen LogP contribution in [0.25, 0.3) is 17.4 Å². The van der Waals surface area contributed by atoms with Gasteiger partial charge in [-0.2, -0.15) is 0 Å². The number of rotatable bonds is 6. The van der Waals surface area contributed by atoms with Crippen LogP contribution < -0.4 is 0 Å². The average Bonchev–Trinajstić information content (AvgIpc) is 3.23. The van der Waals surface area contributed by atoms with E-state index in [0.717, 1.165) is 11.8 Å². The minimum absolute atomic E-state index is 0.0144. The second-order valence-corrected chi connectivity index (χ2v) is 6.89. The smallest absolute Gasteiger partial charge is 0.342 e. The molecule has 3 rings (SSSR count). The van der Waals surface area contributed by atoms with E-state index in [1.807, 2.05) is 6.92 Å². The molecule has 6 nitrogen and oxygen atoms in total. The molecule has 0 aliphatic heterocycles. The fraction of sp³-hybridized carbons (Fsp3) is 0.118. The van der Waals surface area contributed by atoms with Crippen LogP contribution in [0.1, 0.15) is 18.6 Å². The minimum atomic E-state index is -1.13. The molecule has 26 heavy (non-hydrogen) atoms. The second-order valence-electron chi connectivity index (χ2n) is 5.06. The van der Waals surface area contributed by atoms with Gasteiger partial charge in [0.25, 0.3) is 5.22 Å². The highest BCUT2D eigenvalue weighted by atomic mass is 35.5.